The van der Waals surface area contributed by atoms with Crippen molar-refractivity contribution in [2.45, 2.75) is 20.0 Å². The lowest BCUT2D eigenvalue weighted by atomic mass is 10.1. The van der Waals surface area contributed by atoms with Crippen molar-refractivity contribution in [3.05, 3.63) is 52.8 Å². The van der Waals surface area contributed by atoms with E-state index in [9.17, 15) is 0 Å². The third-order valence-corrected chi connectivity index (χ3v) is 4.79. The van der Waals surface area contributed by atoms with Crippen LogP contribution in [0.15, 0.2) is 41.0 Å². The molecule has 3 rings (SSSR count). The predicted octanol–water partition coefficient (Wildman–Crippen LogP) is 3.21. The summed E-state index contributed by atoms with van der Waals surface area (Å²) in [5, 5.41) is 8.65. The van der Waals surface area contributed by atoms with E-state index in [2.05, 4.69) is 39.7 Å². The second kappa shape index (κ2) is 11.2. The summed E-state index contributed by atoms with van der Waals surface area (Å²) in [6, 6.07) is 6.19. The number of hydrogen-bond acceptors (Lipinski definition) is 5. The highest BCUT2D eigenvalue weighted by atomic mass is 127. The Kier molecular flexibility index (Phi) is 9.00. The largest absolute Gasteiger partial charge is 0.491 e. The molecule has 2 aromatic heterocycles. The quantitative estimate of drug-likeness (QED) is 0.209. The number of nitrogens with zero attached hydrogens (tertiary/aromatic N) is 3. The summed E-state index contributed by atoms with van der Waals surface area (Å²) in [5.74, 6) is 1.58. The highest BCUT2D eigenvalue weighted by Gasteiger charge is 2.07. The number of imidazole rings is 1. The van der Waals surface area contributed by atoms with Crippen LogP contribution in [0.3, 0.4) is 0 Å². The van der Waals surface area contributed by atoms with Crippen LogP contribution in [0.5, 0.6) is 5.75 Å². The fourth-order valence-corrected chi connectivity index (χ4v) is 3.33. The molecule has 1 aromatic carbocycles. The van der Waals surface area contributed by atoms with Gasteiger partial charge in [0.05, 0.1) is 18.8 Å². The maximum atomic E-state index is 5.84. The summed E-state index contributed by atoms with van der Waals surface area (Å²) in [4.78, 5) is 9.84. The first-order chi connectivity index (χ1) is 13.2. The number of methoxy groups -OCH3 is 1. The SMILES string of the molecule is CN=C(NCc1cn2ccsc2n1)NCc1ccc(C)cc1OCCOC.I. The molecular weight excluding hydrogens is 489 g/mol. The molecule has 0 spiro atoms. The van der Waals surface area contributed by atoms with Crippen LogP contribution in [0.4, 0.5) is 0 Å². The number of nitrogens with one attached hydrogen (secondary N) is 2. The number of aryl methyl sites for hydroxylation is 1. The minimum absolute atomic E-state index is 0. The molecule has 0 bridgehead atoms. The number of hydrogen-bond donors (Lipinski definition) is 2. The van der Waals surface area contributed by atoms with E-state index in [1.165, 1.54) is 0 Å². The van der Waals surface area contributed by atoms with Gasteiger partial charge >= 0.3 is 0 Å². The van der Waals surface area contributed by atoms with E-state index in [-0.39, 0.29) is 24.0 Å². The molecule has 28 heavy (non-hydrogen) atoms. The highest BCUT2D eigenvalue weighted by molar-refractivity contribution is 14.0. The summed E-state index contributed by atoms with van der Waals surface area (Å²) in [7, 11) is 3.42. The zero-order valence-electron chi connectivity index (χ0n) is 16.3. The summed E-state index contributed by atoms with van der Waals surface area (Å²) < 4.78 is 12.9. The number of benzene rings is 1. The van der Waals surface area contributed by atoms with Crippen LogP contribution < -0.4 is 15.4 Å². The van der Waals surface area contributed by atoms with Crippen molar-refractivity contribution in [3.8, 4) is 5.75 Å². The van der Waals surface area contributed by atoms with Gasteiger partial charge in [-0.2, -0.15) is 0 Å². The van der Waals surface area contributed by atoms with Crippen LogP contribution >= 0.6 is 35.3 Å². The molecule has 0 fully saturated rings. The molecule has 0 aliphatic carbocycles. The third-order valence-electron chi connectivity index (χ3n) is 4.02. The molecule has 7 nitrogen and oxygen atoms in total. The summed E-state index contributed by atoms with van der Waals surface area (Å²) >= 11 is 1.62. The Hall–Kier alpha value is -1.85. The molecule has 2 heterocycles. The number of ether oxygens (including phenoxy) is 2. The lowest BCUT2D eigenvalue weighted by molar-refractivity contribution is 0.145. The van der Waals surface area contributed by atoms with Gasteiger partial charge in [0, 0.05) is 44.0 Å². The Labute approximate surface area is 186 Å². The van der Waals surface area contributed by atoms with Crippen LogP contribution in [-0.4, -0.2) is 42.7 Å². The van der Waals surface area contributed by atoms with Gasteiger partial charge in [-0.3, -0.25) is 9.39 Å². The number of halogens is 1. The van der Waals surface area contributed by atoms with Gasteiger partial charge in [0.15, 0.2) is 10.9 Å². The van der Waals surface area contributed by atoms with E-state index < -0.39 is 0 Å². The Bertz CT molecular complexity index is 880. The van der Waals surface area contributed by atoms with Gasteiger partial charge in [0.1, 0.15) is 12.4 Å². The van der Waals surface area contributed by atoms with Gasteiger partial charge in [-0.1, -0.05) is 12.1 Å². The number of fused-ring (bicyclic) bond motifs is 1. The van der Waals surface area contributed by atoms with Crippen LogP contribution in [0.2, 0.25) is 0 Å². The average Bonchev–Trinajstić information content (AvgIpc) is 3.25. The Balaban J connectivity index is 0.00000280. The number of rotatable bonds is 8. The first-order valence-corrected chi connectivity index (χ1v) is 9.64. The smallest absolute Gasteiger partial charge is 0.193 e. The minimum atomic E-state index is 0. The summed E-state index contributed by atoms with van der Waals surface area (Å²) in [5.41, 5.74) is 3.21. The predicted molar refractivity (Wildman–Crippen MR) is 124 cm³/mol. The zero-order chi connectivity index (χ0) is 19.1. The lowest BCUT2D eigenvalue weighted by Gasteiger charge is -2.15. The van der Waals surface area contributed by atoms with Gasteiger partial charge in [-0.15, -0.1) is 35.3 Å². The molecule has 152 valence electrons. The van der Waals surface area contributed by atoms with Crippen LogP contribution in [0.1, 0.15) is 16.8 Å². The standard InChI is InChI=1S/C19H25N5O2S.HI/c1-14-4-5-15(17(10-14)26-8-7-25-3)11-21-18(20-2)22-12-16-13-24-6-9-27-19(24)23-16;/h4-6,9-10,13H,7-8,11-12H2,1-3H3,(H2,20,21,22);1H. The van der Waals surface area contributed by atoms with Crippen molar-refractivity contribution in [1.82, 2.24) is 20.0 Å². The normalized spacial score (nSPS) is 11.3. The van der Waals surface area contributed by atoms with E-state index in [4.69, 9.17) is 9.47 Å². The lowest BCUT2D eigenvalue weighted by Crippen LogP contribution is -2.36. The maximum absolute atomic E-state index is 5.84. The molecule has 0 saturated carbocycles. The molecule has 2 N–H and O–H groups in total. The molecule has 0 atom stereocenters. The van der Waals surface area contributed by atoms with Gasteiger partial charge in [-0.25, -0.2) is 4.98 Å². The zero-order valence-corrected chi connectivity index (χ0v) is 19.4. The second-order valence-corrected chi connectivity index (χ2v) is 6.93. The Morgan fingerprint density at radius 3 is 2.82 bits per heavy atom. The Morgan fingerprint density at radius 1 is 1.25 bits per heavy atom. The molecule has 0 unspecified atom stereocenters. The van der Waals surface area contributed by atoms with Crippen molar-refractivity contribution in [1.29, 1.82) is 0 Å². The van der Waals surface area contributed by atoms with Crippen molar-refractivity contribution in [2.24, 2.45) is 4.99 Å². The number of thiazole rings is 1. The van der Waals surface area contributed by atoms with Crippen LogP contribution in [0, 0.1) is 6.92 Å². The third kappa shape index (κ3) is 6.08. The van der Waals surface area contributed by atoms with E-state index >= 15 is 0 Å². The summed E-state index contributed by atoms with van der Waals surface area (Å²) in [6.45, 7) is 4.36. The molecule has 0 radical (unpaired) electrons. The molecule has 0 aliphatic rings. The fraction of sp³-hybridized carbons (Fsp3) is 0.368. The molecule has 0 amide bonds. The van der Waals surface area contributed by atoms with E-state index in [0.717, 1.165) is 33.5 Å². The van der Waals surface area contributed by atoms with Crippen LogP contribution in [-0.2, 0) is 17.8 Å². The van der Waals surface area contributed by atoms with Gasteiger partial charge in [0.25, 0.3) is 0 Å². The van der Waals surface area contributed by atoms with Crippen molar-refractivity contribution < 1.29 is 9.47 Å². The van der Waals surface area contributed by atoms with Gasteiger partial charge in [0.2, 0.25) is 0 Å². The van der Waals surface area contributed by atoms with Crippen molar-refractivity contribution in [3.63, 3.8) is 0 Å². The van der Waals surface area contributed by atoms with Crippen molar-refractivity contribution >= 4 is 46.2 Å². The topological polar surface area (TPSA) is 72.2 Å². The molecule has 9 heteroatoms. The van der Waals surface area contributed by atoms with E-state index in [1.54, 1.807) is 25.5 Å². The van der Waals surface area contributed by atoms with E-state index in [1.807, 2.05) is 28.2 Å². The van der Waals surface area contributed by atoms with Gasteiger partial charge < -0.3 is 20.1 Å². The second-order valence-electron chi connectivity index (χ2n) is 6.06. The minimum Gasteiger partial charge on any atom is -0.491 e. The highest BCUT2D eigenvalue weighted by Crippen LogP contribution is 2.20. The summed E-state index contributed by atoms with van der Waals surface area (Å²) in [6.07, 6.45) is 4.03. The van der Waals surface area contributed by atoms with Crippen molar-refractivity contribution in [2.75, 3.05) is 27.4 Å². The molecule has 0 saturated heterocycles. The number of guanidine groups is 1. The monoisotopic (exact) mass is 515 g/mol. The van der Waals surface area contributed by atoms with Gasteiger partial charge in [-0.05, 0) is 18.6 Å². The van der Waals surface area contributed by atoms with E-state index in [0.29, 0.717) is 26.3 Å². The first kappa shape index (κ1) is 22.4. The molecular formula is C19H26IN5O2S. The Morgan fingerprint density at radius 2 is 2.07 bits per heavy atom. The number of aromatic nitrogens is 2. The molecule has 0 aliphatic heterocycles. The first-order valence-electron chi connectivity index (χ1n) is 8.76. The average molecular weight is 515 g/mol. The fourth-order valence-electron chi connectivity index (χ4n) is 2.61. The van der Waals surface area contributed by atoms with Crippen LogP contribution in [0.25, 0.3) is 4.96 Å². The maximum Gasteiger partial charge on any atom is 0.193 e. The molecule has 3 aromatic rings. The number of aliphatic imine (C=N–C) groups is 1.